The average molecular weight is 461 g/mol. The quantitative estimate of drug-likeness (QED) is 0.532. The summed E-state index contributed by atoms with van der Waals surface area (Å²) in [5.41, 5.74) is -0.387. The molecule has 5 heteroatoms. The van der Waals surface area contributed by atoms with Crippen molar-refractivity contribution in [1.82, 2.24) is 10.2 Å². The topological polar surface area (TPSA) is 52.6 Å². The van der Waals surface area contributed by atoms with Gasteiger partial charge in [-0.25, -0.2) is 0 Å². The summed E-state index contributed by atoms with van der Waals surface area (Å²) in [5.74, 6) is 0.738. The van der Waals surface area contributed by atoms with Gasteiger partial charge in [0.15, 0.2) is 0 Å². The second-order valence-electron chi connectivity index (χ2n) is 10.6. The summed E-state index contributed by atoms with van der Waals surface area (Å²) < 4.78 is 0. The molecular weight excluding hydrogens is 420 g/mol. The Labute approximate surface area is 199 Å². The Morgan fingerprint density at radius 1 is 1.00 bits per heavy atom. The normalized spacial score (nSPS) is 25.2. The highest BCUT2D eigenvalue weighted by Crippen LogP contribution is 2.50. The second-order valence-corrected chi connectivity index (χ2v) is 11.1. The van der Waals surface area contributed by atoms with Gasteiger partial charge >= 0.3 is 0 Å². The van der Waals surface area contributed by atoms with E-state index < -0.39 is 11.0 Å². The molecule has 1 aromatic carbocycles. The molecule has 32 heavy (non-hydrogen) atoms. The second kappa shape index (κ2) is 10.9. The summed E-state index contributed by atoms with van der Waals surface area (Å²) in [6.07, 6.45) is 12.6. The van der Waals surface area contributed by atoms with Crippen molar-refractivity contribution in [2.75, 3.05) is 26.2 Å². The molecule has 4 nitrogen and oxygen atoms in total. The zero-order valence-corrected chi connectivity index (χ0v) is 20.3. The standard InChI is InChI=1S/C27H41ClN2O2/c28-24(23-12-6-2-7-13-23)21-30-18-16-27(32,17-19-30)26(14-8-3-9-15-26)25(31)29-20-22-10-4-1-5-11-22/h2,6-7,12-13,22,24,32H,1,3-5,8-11,14-21H2,(H,29,31). The number of benzene rings is 1. The molecule has 2 N–H and O–H groups in total. The maximum Gasteiger partial charge on any atom is 0.229 e. The fourth-order valence-electron chi connectivity index (χ4n) is 6.43. The monoisotopic (exact) mass is 460 g/mol. The molecule has 1 saturated heterocycles. The Kier molecular flexibility index (Phi) is 8.18. The highest BCUT2D eigenvalue weighted by atomic mass is 35.5. The number of hydrogen-bond acceptors (Lipinski definition) is 3. The zero-order valence-electron chi connectivity index (χ0n) is 19.5. The molecule has 2 aliphatic carbocycles. The first-order valence-corrected chi connectivity index (χ1v) is 13.4. The van der Waals surface area contributed by atoms with Gasteiger partial charge in [-0.15, -0.1) is 11.6 Å². The Balaban J connectivity index is 1.38. The van der Waals surface area contributed by atoms with E-state index in [9.17, 15) is 9.90 Å². The molecule has 0 bridgehead atoms. The van der Waals surface area contributed by atoms with E-state index in [2.05, 4.69) is 22.3 Å². The molecule has 0 spiro atoms. The molecule has 1 aromatic rings. The van der Waals surface area contributed by atoms with Crippen LogP contribution in [0.4, 0.5) is 0 Å². The van der Waals surface area contributed by atoms with Crippen LogP contribution in [0.15, 0.2) is 30.3 Å². The van der Waals surface area contributed by atoms with Crippen LogP contribution in [0, 0.1) is 11.3 Å². The highest BCUT2D eigenvalue weighted by molar-refractivity contribution is 6.21. The summed E-state index contributed by atoms with van der Waals surface area (Å²) >= 11 is 6.68. The summed E-state index contributed by atoms with van der Waals surface area (Å²) in [6.45, 7) is 3.16. The van der Waals surface area contributed by atoms with Gasteiger partial charge in [-0.3, -0.25) is 4.79 Å². The molecule has 1 aliphatic heterocycles. The lowest BCUT2D eigenvalue weighted by atomic mass is 9.59. The first-order valence-electron chi connectivity index (χ1n) is 12.9. The van der Waals surface area contributed by atoms with Gasteiger partial charge in [0, 0.05) is 26.2 Å². The Bertz CT molecular complexity index is 720. The molecule has 2 saturated carbocycles. The Hall–Kier alpha value is -1.10. The largest absolute Gasteiger partial charge is 0.389 e. The molecule has 3 aliphatic rings. The van der Waals surface area contributed by atoms with Gasteiger partial charge in [0.1, 0.15) is 0 Å². The van der Waals surface area contributed by atoms with E-state index in [0.29, 0.717) is 18.8 Å². The lowest BCUT2D eigenvalue weighted by molar-refractivity contribution is -0.167. The third-order valence-corrected chi connectivity index (χ3v) is 8.96. The van der Waals surface area contributed by atoms with Crippen molar-refractivity contribution >= 4 is 17.5 Å². The Morgan fingerprint density at radius 3 is 2.28 bits per heavy atom. The SMILES string of the molecule is O=C(NCC1CCCCC1)C1(C2(O)CCN(CC(Cl)c3ccccc3)CC2)CCCCC1. The van der Waals surface area contributed by atoms with E-state index in [0.717, 1.165) is 57.4 Å². The Morgan fingerprint density at radius 2 is 1.62 bits per heavy atom. The molecule has 1 amide bonds. The zero-order chi connectivity index (χ0) is 22.4. The minimum atomic E-state index is -0.908. The third-order valence-electron chi connectivity index (χ3n) is 8.57. The number of alkyl halides is 1. The van der Waals surface area contributed by atoms with Gasteiger partial charge in [0.2, 0.25) is 5.91 Å². The summed E-state index contributed by atoms with van der Waals surface area (Å²) in [6, 6.07) is 10.2. The van der Waals surface area contributed by atoms with Crippen molar-refractivity contribution in [3.05, 3.63) is 35.9 Å². The molecule has 0 aromatic heterocycles. The van der Waals surface area contributed by atoms with E-state index in [1.54, 1.807) is 0 Å². The number of rotatable bonds is 7. The molecule has 1 heterocycles. The number of carbonyl (C=O) groups is 1. The van der Waals surface area contributed by atoms with Crippen molar-refractivity contribution in [3.63, 3.8) is 0 Å². The fourth-order valence-corrected chi connectivity index (χ4v) is 6.78. The number of hydrogen-bond donors (Lipinski definition) is 2. The molecule has 4 rings (SSSR count). The van der Waals surface area contributed by atoms with Crippen molar-refractivity contribution in [2.45, 2.75) is 88.0 Å². The van der Waals surface area contributed by atoms with E-state index in [1.807, 2.05) is 18.2 Å². The van der Waals surface area contributed by atoms with Crippen LogP contribution in [0.25, 0.3) is 0 Å². The first kappa shape index (κ1) is 24.0. The molecule has 0 radical (unpaired) electrons. The van der Waals surface area contributed by atoms with Crippen LogP contribution >= 0.6 is 11.6 Å². The van der Waals surface area contributed by atoms with E-state index in [4.69, 9.17) is 11.6 Å². The average Bonchev–Trinajstić information content (AvgIpc) is 2.85. The number of nitrogens with one attached hydrogen (secondary N) is 1. The van der Waals surface area contributed by atoms with Crippen LogP contribution in [0.3, 0.4) is 0 Å². The molecule has 1 unspecified atom stereocenters. The van der Waals surface area contributed by atoms with Gasteiger partial charge in [-0.1, -0.05) is 68.9 Å². The highest BCUT2D eigenvalue weighted by Gasteiger charge is 2.56. The van der Waals surface area contributed by atoms with Crippen LogP contribution < -0.4 is 5.32 Å². The van der Waals surface area contributed by atoms with Crippen LogP contribution in [-0.2, 0) is 4.79 Å². The van der Waals surface area contributed by atoms with Crippen molar-refractivity contribution in [1.29, 1.82) is 0 Å². The number of carbonyl (C=O) groups excluding carboxylic acids is 1. The number of amides is 1. The van der Waals surface area contributed by atoms with E-state index >= 15 is 0 Å². The van der Waals surface area contributed by atoms with Gasteiger partial charge in [0.05, 0.1) is 16.4 Å². The predicted molar refractivity (Wildman–Crippen MR) is 131 cm³/mol. The number of nitrogens with zero attached hydrogens (tertiary/aromatic N) is 1. The van der Waals surface area contributed by atoms with Gasteiger partial charge in [-0.2, -0.15) is 0 Å². The van der Waals surface area contributed by atoms with Crippen molar-refractivity contribution in [2.24, 2.45) is 11.3 Å². The molecular formula is C27H41ClN2O2. The summed E-state index contributed by atoms with van der Waals surface area (Å²) in [4.78, 5) is 16.0. The van der Waals surface area contributed by atoms with Crippen LogP contribution in [0.2, 0.25) is 0 Å². The molecule has 1 atom stereocenters. The number of aliphatic hydroxyl groups is 1. The minimum Gasteiger partial charge on any atom is -0.389 e. The molecule has 3 fully saturated rings. The number of halogens is 1. The van der Waals surface area contributed by atoms with E-state index in [1.165, 1.54) is 38.5 Å². The van der Waals surface area contributed by atoms with E-state index in [-0.39, 0.29) is 11.3 Å². The van der Waals surface area contributed by atoms with Crippen LogP contribution in [0.1, 0.15) is 88.0 Å². The van der Waals surface area contributed by atoms with Crippen LogP contribution in [0.5, 0.6) is 0 Å². The van der Waals surface area contributed by atoms with Crippen molar-refractivity contribution < 1.29 is 9.90 Å². The maximum atomic E-state index is 13.6. The van der Waals surface area contributed by atoms with Gasteiger partial charge in [0.25, 0.3) is 0 Å². The smallest absolute Gasteiger partial charge is 0.229 e. The van der Waals surface area contributed by atoms with Gasteiger partial charge in [-0.05, 0) is 50.0 Å². The lowest BCUT2D eigenvalue weighted by Crippen LogP contribution is -2.62. The third kappa shape index (κ3) is 5.34. The summed E-state index contributed by atoms with van der Waals surface area (Å²) in [7, 11) is 0. The number of likely N-dealkylation sites (tertiary alicyclic amines) is 1. The first-order chi connectivity index (χ1) is 15.5. The number of piperidine rings is 1. The fraction of sp³-hybridized carbons (Fsp3) is 0.741. The van der Waals surface area contributed by atoms with Crippen LogP contribution in [-0.4, -0.2) is 47.7 Å². The minimum absolute atomic E-state index is 0.0511. The van der Waals surface area contributed by atoms with Crippen molar-refractivity contribution in [3.8, 4) is 0 Å². The predicted octanol–water partition coefficient (Wildman–Crippen LogP) is 5.44. The summed E-state index contributed by atoms with van der Waals surface area (Å²) in [5, 5.41) is 15.2. The maximum absolute atomic E-state index is 13.6. The molecule has 178 valence electrons. The lowest BCUT2D eigenvalue weighted by Gasteiger charge is -2.52. The van der Waals surface area contributed by atoms with Gasteiger partial charge < -0.3 is 15.3 Å².